The fourth-order valence-electron chi connectivity index (χ4n) is 1.12. The van der Waals surface area contributed by atoms with E-state index in [1.165, 1.54) is 0 Å². The highest BCUT2D eigenvalue weighted by atomic mass is 79.9. The Morgan fingerprint density at radius 2 is 2.33 bits per heavy atom. The molecule has 15 heavy (non-hydrogen) atoms. The van der Waals surface area contributed by atoms with Gasteiger partial charge in [-0.3, -0.25) is 4.79 Å². The molecule has 1 aromatic rings. The van der Waals surface area contributed by atoms with Gasteiger partial charge in [-0.2, -0.15) is 0 Å². The van der Waals surface area contributed by atoms with Gasteiger partial charge in [0.25, 0.3) is 0 Å². The van der Waals surface area contributed by atoms with Gasteiger partial charge in [-0.1, -0.05) is 28.1 Å². The van der Waals surface area contributed by atoms with Gasteiger partial charge in [-0.15, -0.1) is 12.3 Å². The van der Waals surface area contributed by atoms with E-state index in [-0.39, 0.29) is 5.91 Å². The molecular weight excluding hydrogens is 254 g/mol. The molecule has 3 heteroatoms. The summed E-state index contributed by atoms with van der Waals surface area (Å²) in [6, 6.07) is 7.82. The summed E-state index contributed by atoms with van der Waals surface area (Å²) in [5.41, 5.74) is 1.07. The Balaban J connectivity index is 2.37. The van der Waals surface area contributed by atoms with Crippen LogP contribution in [0.25, 0.3) is 0 Å². The number of rotatable bonds is 4. The van der Waals surface area contributed by atoms with Gasteiger partial charge in [0.05, 0.1) is 0 Å². The fraction of sp³-hybridized carbons (Fsp3) is 0.250. The Hall–Kier alpha value is -1.27. The number of amides is 1. The van der Waals surface area contributed by atoms with Crippen LogP contribution in [0, 0.1) is 12.3 Å². The predicted molar refractivity (Wildman–Crippen MR) is 64.1 cm³/mol. The van der Waals surface area contributed by atoms with Crippen LogP contribution < -0.4 is 5.32 Å². The lowest BCUT2D eigenvalue weighted by atomic mass is 10.2. The Kier molecular flexibility index (Phi) is 4.92. The minimum atomic E-state index is -0.00655. The van der Waals surface area contributed by atoms with Crippen LogP contribution in [0.2, 0.25) is 0 Å². The van der Waals surface area contributed by atoms with Gasteiger partial charge in [0, 0.05) is 23.9 Å². The first kappa shape index (κ1) is 11.8. The molecule has 0 unspecified atom stereocenters. The van der Waals surface area contributed by atoms with Gasteiger partial charge in [-0.05, 0) is 17.7 Å². The standard InChI is InChI=1S/C12H12BrNO/c1-2-3-7-12(15)14-9-10-5-4-6-11(13)8-10/h1,4-6,8H,3,7,9H2,(H,14,15). The van der Waals surface area contributed by atoms with Crippen molar-refractivity contribution in [2.75, 3.05) is 0 Å². The highest BCUT2D eigenvalue weighted by Gasteiger charge is 1.99. The molecule has 0 aliphatic carbocycles. The van der Waals surface area contributed by atoms with Crippen LogP contribution in [-0.2, 0) is 11.3 Å². The van der Waals surface area contributed by atoms with E-state index in [1.54, 1.807) is 0 Å². The van der Waals surface area contributed by atoms with Crippen molar-refractivity contribution in [1.82, 2.24) is 5.32 Å². The number of benzene rings is 1. The van der Waals surface area contributed by atoms with E-state index in [0.717, 1.165) is 10.0 Å². The molecule has 0 heterocycles. The molecule has 1 aromatic carbocycles. The van der Waals surface area contributed by atoms with Crippen LogP contribution in [-0.4, -0.2) is 5.91 Å². The number of hydrogen-bond donors (Lipinski definition) is 1. The van der Waals surface area contributed by atoms with Crippen molar-refractivity contribution in [2.45, 2.75) is 19.4 Å². The van der Waals surface area contributed by atoms with Gasteiger partial charge in [0.2, 0.25) is 5.91 Å². The maximum atomic E-state index is 11.2. The first-order chi connectivity index (χ1) is 7.22. The minimum Gasteiger partial charge on any atom is -0.352 e. The zero-order chi connectivity index (χ0) is 11.1. The maximum Gasteiger partial charge on any atom is 0.221 e. The topological polar surface area (TPSA) is 29.1 Å². The van der Waals surface area contributed by atoms with Crippen molar-refractivity contribution >= 4 is 21.8 Å². The first-order valence-electron chi connectivity index (χ1n) is 4.67. The van der Waals surface area contributed by atoms with E-state index in [1.807, 2.05) is 24.3 Å². The average Bonchev–Trinajstić information content (AvgIpc) is 2.23. The van der Waals surface area contributed by atoms with Crippen LogP contribution in [0.3, 0.4) is 0 Å². The predicted octanol–water partition coefficient (Wildman–Crippen LogP) is 2.48. The van der Waals surface area contributed by atoms with Crippen LogP contribution in [0.1, 0.15) is 18.4 Å². The lowest BCUT2D eigenvalue weighted by Crippen LogP contribution is -2.22. The summed E-state index contributed by atoms with van der Waals surface area (Å²) in [7, 11) is 0. The summed E-state index contributed by atoms with van der Waals surface area (Å²) >= 11 is 3.37. The largest absolute Gasteiger partial charge is 0.352 e. The minimum absolute atomic E-state index is 0.00655. The Morgan fingerprint density at radius 3 is 3.00 bits per heavy atom. The highest BCUT2D eigenvalue weighted by Crippen LogP contribution is 2.11. The fourth-order valence-corrected chi connectivity index (χ4v) is 1.57. The zero-order valence-electron chi connectivity index (χ0n) is 8.29. The molecule has 0 radical (unpaired) electrons. The second kappa shape index (κ2) is 6.26. The molecule has 0 atom stereocenters. The van der Waals surface area contributed by atoms with Crippen LogP contribution >= 0.6 is 15.9 Å². The second-order valence-corrected chi connectivity index (χ2v) is 4.03. The van der Waals surface area contributed by atoms with E-state index < -0.39 is 0 Å². The third-order valence-corrected chi connectivity index (χ3v) is 2.37. The van der Waals surface area contributed by atoms with Crippen molar-refractivity contribution in [1.29, 1.82) is 0 Å². The average molecular weight is 266 g/mol. The number of hydrogen-bond acceptors (Lipinski definition) is 1. The van der Waals surface area contributed by atoms with E-state index in [9.17, 15) is 4.79 Å². The summed E-state index contributed by atoms with van der Waals surface area (Å²) in [4.78, 5) is 11.2. The van der Waals surface area contributed by atoms with E-state index >= 15 is 0 Å². The van der Waals surface area contributed by atoms with Gasteiger partial charge in [-0.25, -0.2) is 0 Å². The monoisotopic (exact) mass is 265 g/mol. The Morgan fingerprint density at radius 1 is 1.53 bits per heavy atom. The number of nitrogens with one attached hydrogen (secondary N) is 1. The third-order valence-electron chi connectivity index (χ3n) is 1.88. The van der Waals surface area contributed by atoms with Crippen LogP contribution in [0.4, 0.5) is 0 Å². The van der Waals surface area contributed by atoms with Gasteiger partial charge >= 0.3 is 0 Å². The van der Waals surface area contributed by atoms with Crippen LogP contribution in [0.5, 0.6) is 0 Å². The third kappa shape index (κ3) is 4.66. The van der Waals surface area contributed by atoms with E-state index in [4.69, 9.17) is 6.42 Å². The van der Waals surface area contributed by atoms with E-state index in [2.05, 4.69) is 27.2 Å². The van der Waals surface area contributed by atoms with Crippen molar-refractivity contribution in [2.24, 2.45) is 0 Å². The summed E-state index contributed by atoms with van der Waals surface area (Å²) in [6.45, 7) is 0.544. The molecule has 0 aromatic heterocycles. The summed E-state index contributed by atoms with van der Waals surface area (Å²) in [6.07, 6.45) is 5.95. The number of terminal acetylenes is 1. The lowest BCUT2D eigenvalue weighted by molar-refractivity contribution is -0.121. The zero-order valence-corrected chi connectivity index (χ0v) is 9.88. The lowest BCUT2D eigenvalue weighted by Gasteiger charge is -2.04. The maximum absolute atomic E-state index is 11.2. The molecule has 2 nitrogen and oxygen atoms in total. The smallest absolute Gasteiger partial charge is 0.221 e. The Labute approximate surface area is 98.2 Å². The molecule has 0 aliphatic rings. The molecule has 1 amide bonds. The van der Waals surface area contributed by atoms with Gasteiger partial charge in [0.1, 0.15) is 0 Å². The molecule has 1 N–H and O–H groups in total. The highest BCUT2D eigenvalue weighted by molar-refractivity contribution is 9.10. The summed E-state index contributed by atoms with van der Waals surface area (Å²) in [5, 5.41) is 2.81. The molecule has 1 rings (SSSR count). The molecule has 0 aliphatic heterocycles. The summed E-state index contributed by atoms with van der Waals surface area (Å²) in [5.74, 6) is 2.43. The quantitative estimate of drug-likeness (QED) is 0.833. The van der Waals surface area contributed by atoms with Crippen molar-refractivity contribution in [3.63, 3.8) is 0 Å². The van der Waals surface area contributed by atoms with Gasteiger partial charge < -0.3 is 5.32 Å². The number of carbonyl (C=O) groups excluding carboxylic acids is 1. The molecule has 0 fully saturated rings. The molecule has 0 bridgehead atoms. The van der Waals surface area contributed by atoms with Crippen molar-refractivity contribution < 1.29 is 4.79 Å². The number of carbonyl (C=O) groups is 1. The SMILES string of the molecule is C#CCCC(=O)NCc1cccc(Br)c1. The molecule has 0 saturated carbocycles. The van der Waals surface area contributed by atoms with Crippen molar-refractivity contribution in [3.05, 3.63) is 34.3 Å². The van der Waals surface area contributed by atoms with Crippen molar-refractivity contribution in [3.8, 4) is 12.3 Å². The molecule has 0 spiro atoms. The van der Waals surface area contributed by atoms with Crippen LogP contribution in [0.15, 0.2) is 28.7 Å². The summed E-state index contributed by atoms with van der Waals surface area (Å²) < 4.78 is 1.01. The first-order valence-corrected chi connectivity index (χ1v) is 5.46. The van der Waals surface area contributed by atoms with Gasteiger partial charge in [0.15, 0.2) is 0 Å². The van der Waals surface area contributed by atoms with E-state index in [0.29, 0.717) is 19.4 Å². The number of halogens is 1. The molecular formula is C12H12BrNO. The Bertz CT molecular complexity index is 381. The normalized spacial score (nSPS) is 9.33. The second-order valence-electron chi connectivity index (χ2n) is 3.11. The molecule has 0 saturated heterocycles. The molecule has 78 valence electrons.